The Hall–Kier alpha value is -3.85. The van der Waals surface area contributed by atoms with Crippen molar-refractivity contribution in [3.05, 3.63) is 88.5 Å². The van der Waals surface area contributed by atoms with Gasteiger partial charge in [-0.3, -0.25) is 9.69 Å². The number of oxazole rings is 1. The van der Waals surface area contributed by atoms with E-state index in [9.17, 15) is 14.0 Å². The van der Waals surface area contributed by atoms with E-state index < -0.39 is 5.97 Å². The molecule has 2 aromatic heterocycles. The Labute approximate surface area is 199 Å². The number of aryl methyl sites for hydroxylation is 1. The van der Waals surface area contributed by atoms with Crippen LogP contribution in [-0.2, 0) is 22.5 Å². The lowest BCUT2D eigenvalue weighted by atomic mass is 10.2. The van der Waals surface area contributed by atoms with Crippen molar-refractivity contribution in [1.82, 2.24) is 9.97 Å². The van der Waals surface area contributed by atoms with Gasteiger partial charge in [-0.05, 0) is 43.7 Å². The Morgan fingerprint density at radius 1 is 1.09 bits per heavy atom. The average molecular weight is 480 g/mol. The van der Waals surface area contributed by atoms with E-state index in [-0.39, 0.29) is 31.3 Å². The second kappa shape index (κ2) is 10.4. The normalized spacial score (nSPS) is 10.8. The lowest BCUT2D eigenvalue weighted by Gasteiger charge is -2.19. The number of aromatic nitrogens is 2. The van der Waals surface area contributed by atoms with Crippen molar-refractivity contribution in [1.29, 1.82) is 0 Å². The van der Waals surface area contributed by atoms with E-state index in [1.807, 2.05) is 30.3 Å². The molecule has 174 valence electrons. The van der Waals surface area contributed by atoms with E-state index in [0.29, 0.717) is 32.9 Å². The van der Waals surface area contributed by atoms with Crippen LogP contribution in [0.5, 0.6) is 0 Å². The van der Waals surface area contributed by atoms with Gasteiger partial charge in [-0.2, -0.15) is 0 Å². The predicted molar refractivity (Wildman–Crippen MR) is 126 cm³/mol. The van der Waals surface area contributed by atoms with Crippen LogP contribution in [0.15, 0.2) is 65.3 Å². The van der Waals surface area contributed by atoms with Crippen LogP contribution in [0.3, 0.4) is 0 Å². The molecule has 0 aliphatic heterocycles. The van der Waals surface area contributed by atoms with E-state index in [0.717, 1.165) is 16.9 Å². The van der Waals surface area contributed by atoms with Crippen molar-refractivity contribution in [2.45, 2.75) is 26.8 Å². The van der Waals surface area contributed by atoms with Crippen LogP contribution < -0.4 is 4.90 Å². The number of amides is 1. The van der Waals surface area contributed by atoms with Gasteiger partial charge in [0.2, 0.25) is 11.8 Å². The highest BCUT2D eigenvalue weighted by atomic mass is 32.1. The SMILES string of the molecule is CCOC(=O)c1sc(N(Cc2ccc(F)cc2)C(=O)Cc2coc(-c3ccccc3)n2)nc1C. The highest BCUT2D eigenvalue weighted by Crippen LogP contribution is 2.29. The summed E-state index contributed by atoms with van der Waals surface area (Å²) >= 11 is 1.08. The van der Waals surface area contributed by atoms with E-state index in [4.69, 9.17) is 9.15 Å². The zero-order valence-corrected chi connectivity index (χ0v) is 19.5. The van der Waals surface area contributed by atoms with Crippen LogP contribution in [0.2, 0.25) is 0 Å². The lowest BCUT2D eigenvalue weighted by molar-refractivity contribution is -0.118. The lowest BCUT2D eigenvalue weighted by Crippen LogP contribution is -2.31. The van der Waals surface area contributed by atoms with E-state index in [2.05, 4.69) is 9.97 Å². The molecule has 7 nitrogen and oxygen atoms in total. The van der Waals surface area contributed by atoms with Gasteiger partial charge in [0, 0.05) is 5.56 Å². The maximum atomic E-state index is 13.4. The van der Waals surface area contributed by atoms with Crippen molar-refractivity contribution in [3.63, 3.8) is 0 Å². The summed E-state index contributed by atoms with van der Waals surface area (Å²) in [5, 5.41) is 0.349. The molecule has 0 spiro atoms. The molecular weight excluding hydrogens is 457 g/mol. The smallest absolute Gasteiger partial charge is 0.350 e. The fraction of sp³-hybridized carbons (Fsp3) is 0.200. The van der Waals surface area contributed by atoms with Crippen molar-refractivity contribution in [2.24, 2.45) is 0 Å². The first-order valence-electron chi connectivity index (χ1n) is 10.6. The molecule has 2 aromatic carbocycles. The molecule has 0 saturated heterocycles. The number of hydrogen-bond acceptors (Lipinski definition) is 7. The average Bonchev–Trinajstić information content (AvgIpc) is 3.46. The second-order valence-corrected chi connectivity index (χ2v) is 8.40. The number of ether oxygens (including phenoxy) is 1. The molecule has 9 heteroatoms. The van der Waals surface area contributed by atoms with Gasteiger partial charge in [0.05, 0.1) is 31.0 Å². The third kappa shape index (κ3) is 5.37. The molecular formula is C25H22FN3O4S. The minimum Gasteiger partial charge on any atom is -0.462 e. The topological polar surface area (TPSA) is 85.5 Å². The second-order valence-electron chi connectivity index (χ2n) is 7.42. The van der Waals surface area contributed by atoms with E-state index in [1.54, 1.807) is 26.0 Å². The summed E-state index contributed by atoms with van der Waals surface area (Å²) in [4.78, 5) is 36.3. The maximum Gasteiger partial charge on any atom is 0.350 e. The number of nitrogens with zero attached hydrogens (tertiary/aromatic N) is 3. The standard InChI is InChI=1S/C25H22FN3O4S/c1-3-32-24(31)22-16(2)27-25(34-22)29(14-17-9-11-19(26)12-10-17)21(30)13-20-15-33-23(28-20)18-7-5-4-6-8-18/h4-12,15H,3,13-14H2,1-2H3. The van der Waals surface area contributed by atoms with Crippen molar-refractivity contribution in [2.75, 3.05) is 11.5 Å². The molecule has 0 fully saturated rings. The molecule has 0 atom stereocenters. The van der Waals surface area contributed by atoms with Gasteiger partial charge in [0.1, 0.15) is 17.0 Å². The summed E-state index contributed by atoms with van der Waals surface area (Å²) in [5.74, 6) is -0.723. The molecule has 34 heavy (non-hydrogen) atoms. The highest BCUT2D eigenvalue weighted by Gasteiger charge is 2.25. The highest BCUT2D eigenvalue weighted by molar-refractivity contribution is 7.17. The Morgan fingerprint density at radius 2 is 1.82 bits per heavy atom. The van der Waals surface area contributed by atoms with Crippen LogP contribution in [0.4, 0.5) is 9.52 Å². The molecule has 0 saturated carbocycles. The number of carbonyl (C=O) groups is 2. The first-order chi connectivity index (χ1) is 16.4. The minimum absolute atomic E-state index is 0.0368. The molecule has 4 aromatic rings. The van der Waals surface area contributed by atoms with Gasteiger partial charge in [-0.15, -0.1) is 0 Å². The van der Waals surface area contributed by atoms with Crippen LogP contribution in [0.25, 0.3) is 11.5 Å². The Balaban J connectivity index is 1.61. The third-order valence-electron chi connectivity index (χ3n) is 4.94. The van der Waals surface area contributed by atoms with Gasteiger partial charge in [0.15, 0.2) is 5.13 Å². The molecule has 4 rings (SSSR count). The Bertz CT molecular complexity index is 1290. The fourth-order valence-corrected chi connectivity index (χ4v) is 4.25. The van der Waals surface area contributed by atoms with Crippen LogP contribution in [0.1, 0.15) is 33.5 Å². The minimum atomic E-state index is -0.484. The van der Waals surface area contributed by atoms with Crippen molar-refractivity contribution in [3.8, 4) is 11.5 Å². The third-order valence-corrected chi connectivity index (χ3v) is 6.10. The summed E-state index contributed by atoms with van der Waals surface area (Å²) in [6.07, 6.45) is 1.42. The van der Waals surface area contributed by atoms with E-state index in [1.165, 1.54) is 23.3 Å². The summed E-state index contributed by atoms with van der Waals surface area (Å²) in [6.45, 7) is 3.80. The summed E-state index contributed by atoms with van der Waals surface area (Å²) in [6, 6.07) is 15.3. The molecule has 0 bridgehead atoms. The predicted octanol–water partition coefficient (Wildman–Crippen LogP) is 5.20. The number of hydrogen-bond donors (Lipinski definition) is 0. The zero-order chi connectivity index (χ0) is 24.1. The quantitative estimate of drug-likeness (QED) is 0.323. The van der Waals surface area contributed by atoms with Gasteiger partial charge >= 0.3 is 5.97 Å². The zero-order valence-electron chi connectivity index (χ0n) is 18.7. The first-order valence-corrected chi connectivity index (χ1v) is 11.5. The van der Waals surface area contributed by atoms with Crippen molar-refractivity contribution < 1.29 is 23.1 Å². The summed E-state index contributed by atoms with van der Waals surface area (Å²) in [5.41, 5.74) is 2.46. The van der Waals surface area contributed by atoms with E-state index >= 15 is 0 Å². The van der Waals surface area contributed by atoms with Gasteiger partial charge in [0.25, 0.3) is 0 Å². The van der Waals surface area contributed by atoms with Gasteiger partial charge < -0.3 is 9.15 Å². The molecule has 1 amide bonds. The van der Waals surface area contributed by atoms with Crippen LogP contribution >= 0.6 is 11.3 Å². The molecule has 0 aliphatic carbocycles. The number of benzene rings is 2. The molecule has 2 heterocycles. The fourth-order valence-electron chi connectivity index (χ4n) is 3.27. The van der Waals surface area contributed by atoms with Crippen LogP contribution in [-0.4, -0.2) is 28.5 Å². The summed E-state index contributed by atoms with van der Waals surface area (Å²) < 4.78 is 24.0. The molecule has 0 radical (unpaired) electrons. The maximum absolute atomic E-state index is 13.4. The largest absolute Gasteiger partial charge is 0.462 e. The molecule has 0 N–H and O–H groups in total. The summed E-state index contributed by atoms with van der Waals surface area (Å²) in [7, 11) is 0. The Kier molecular flexibility index (Phi) is 7.12. The number of thiazole rings is 1. The number of carbonyl (C=O) groups excluding carboxylic acids is 2. The number of esters is 1. The first kappa shape index (κ1) is 23.3. The number of rotatable bonds is 8. The van der Waals surface area contributed by atoms with Crippen molar-refractivity contribution >= 4 is 28.3 Å². The van der Waals surface area contributed by atoms with Gasteiger partial charge in [-0.25, -0.2) is 19.2 Å². The molecule has 0 aliphatic rings. The Morgan fingerprint density at radius 3 is 2.53 bits per heavy atom. The number of anilines is 1. The van der Waals surface area contributed by atoms with Gasteiger partial charge in [-0.1, -0.05) is 41.7 Å². The number of halogens is 1. The molecule has 0 unspecified atom stereocenters. The monoisotopic (exact) mass is 479 g/mol. The van der Waals surface area contributed by atoms with Crippen LogP contribution in [0, 0.1) is 12.7 Å².